The highest BCUT2D eigenvalue weighted by atomic mass is 27.3. The molecule has 0 aromatic heterocycles. The molecule has 0 spiro atoms. The van der Waals surface area contributed by atoms with Gasteiger partial charge in [-0.2, -0.15) is 0 Å². The van der Waals surface area contributed by atoms with Crippen LogP contribution in [0.1, 0.15) is 27.0 Å². The quantitative estimate of drug-likeness (QED) is 0.109. The molecule has 11 nitrogen and oxygen atoms in total. The van der Waals surface area contributed by atoms with Crippen LogP contribution >= 0.6 is 0 Å². The van der Waals surface area contributed by atoms with Crippen molar-refractivity contribution in [3.8, 4) is 5.75 Å². The van der Waals surface area contributed by atoms with Gasteiger partial charge in [0.05, 0.1) is 19.5 Å². The van der Waals surface area contributed by atoms with Crippen LogP contribution in [0.15, 0.2) is 78.9 Å². The van der Waals surface area contributed by atoms with Crippen molar-refractivity contribution in [2.75, 3.05) is 71.4 Å². The molecule has 3 aromatic rings. The van der Waals surface area contributed by atoms with Crippen molar-refractivity contribution >= 4 is 50.7 Å². The zero-order valence-electron chi connectivity index (χ0n) is 27.8. The van der Waals surface area contributed by atoms with E-state index in [2.05, 4.69) is 4.90 Å². The zero-order chi connectivity index (χ0) is 34.8. The van der Waals surface area contributed by atoms with Gasteiger partial charge in [-0.25, -0.2) is 0 Å². The molecule has 0 saturated carbocycles. The number of carbonyl (C=O) groups is 4. The monoisotopic (exact) mass is 686 g/mol. The van der Waals surface area contributed by atoms with Crippen LogP contribution in [0.4, 0.5) is 9.21 Å². The normalized spacial score (nSPS) is 19.2. The molecule has 2 unspecified atom stereocenters. The number of nitrogens with zero attached hydrogens (tertiary/aromatic N) is 4. The lowest BCUT2D eigenvalue weighted by Crippen LogP contribution is -2.40. The number of ether oxygens (including phenoxy) is 1. The van der Waals surface area contributed by atoms with Crippen molar-refractivity contribution in [2.45, 2.75) is 13.0 Å². The van der Waals surface area contributed by atoms with Crippen LogP contribution in [0.5, 0.6) is 5.75 Å². The molecule has 2 saturated heterocycles. The third kappa shape index (κ3) is 11.3. The minimum Gasteiger partial charge on any atom is -0.558 e. The number of hydrogen-bond donors (Lipinski definition) is 0. The minimum atomic E-state index is -3.84. The van der Waals surface area contributed by atoms with Gasteiger partial charge in [0.1, 0.15) is 5.75 Å². The van der Waals surface area contributed by atoms with E-state index in [1.165, 1.54) is 6.08 Å². The molecule has 13 heteroatoms. The number of hydrogen-bond acceptors (Lipinski definition) is 11. The Morgan fingerprint density at radius 2 is 1.35 bits per heavy atom. The van der Waals surface area contributed by atoms with Gasteiger partial charge in [0.15, 0.2) is 5.78 Å². The molecular formula is C36H40AlFN4O7. The van der Waals surface area contributed by atoms with E-state index in [4.69, 9.17) is 12.3 Å². The van der Waals surface area contributed by atoms with Crippen molar-refractivity contribution in [3.63, 3.8) is 0 Å². The van der Waals surface area contributed by atoms with Crippen LogP contribution in [0, 0.1) is 0 Å². The van der Waals surface area contributed by atoms with E-state index in [-0.39, 0.29) is 25.3 Å². The fraction of sp³-hybridized carbons (Fsp3) is 0.333. The van der Waals surface area contributed by atoms with Gasteiger partial charge in [0.25, 0.3) is 11.9 Å². The number of ketones is 1. The number of rotatable bonds is 9. The lowest BCUT2D eigenvalue weighted by atomic mass is 10.1. The van der Waals surface area contributed by atoms with E-state index in [0.29, 0.717) is 57.1 Å². The molecule has 2 aliphatic heterocycles. The van der Waals surface area contributed by atoms with Crippen LogP contribution in [0.25, 0.3) is 6.08 Å². The van der Waals surface area contributed by atoms with Gasteiger partial charge in [-0.1, -0.05) is 42.5 Å². The van der Waals surface area contributed by atoms with E-state index in [1.807, 2.05) is 77.3 Å². The number of anilines is 1. The first-order chi connectivity index (χ1) is 23.6. The van der Waals surface area contributed by atoms with Crippen LogP contribution in [0.2, 0.25) is 0 Å². The molecule has 2 bridgehead atoms. The first kappa shape index (κ1) is 35.9. The van der Waals surface area contributed by atoms with E-state index in [9.17, 15) is 22.7 Å². The topological polar surface area (TPSA) is 109 Å². The second kappa shape index (κ2) is 17.3. The Bertz CT molecular complexity index is 1600. The smallest absolute Gasteiger partial charge is 0.558 e. The number of carbonyl (C=O) groups excluding carboxylic acids is 4. The van der Waals surface area contributed by atoms with E-state index in [1.54, 1.807) is 30.3 Å². The molecule has 0 radical (unpaired) electrons. The van der Waals surface area contributed by atoms with Crippen LogP contribution in [0.3, 0.4) is 0 Å². The third-order valence-electron chi connectivity index (χ3n) is 8.34. The van der Waals surface area contributed by atoms with Crippen molar-refractivity contribution < 1.29 is 35.0 Å². The van der Waals surface area contributed by atoms with E-state index < -0.39 is 33.2 Å². The number of esters is 1. The summed E-state index contributed by atoms with van der Waals surface area (Å²) in [4.78, 5) is 57.7. The summed E-state index contributed by atoms with van der Waals surface area (Å²) >= 11 is -3.84. The summed E-state index contributed by atoms with van der Waals surface area (Å²) in [6, 6.07) is 22.1. The Balaban J connectivity index is 1.11. The Morgan fingerprint density at radius 1 is 0.796 bits per heavy atom. The maximum Gasteiger partial charge on any atom is 1.15 e. The lowest BCUT2D eigenvalue weighted by Gasteiger charge is -2.26. The fourth-order valence-electron chi connectivity index (χ4n) is 5.52. The maximum absolute atomic E-state index is 13.9. The molecule has 0 amide bonds. The van der Waals surface area contributed by atoms with Gasteiger partial charge in [-0.15, -0.1) is 0 Å². The summed E-state index contributed by atoms with van der Waals surface area (Å²) in [6.45, 7) is 4.09. The Hall–Kier alpha value is -4.38. The van der Waals surface area contributed by atoms with Crippen molar-refractivity contribution in [2.24, 2.45) is 0 Å². The van der Waals surface area contributed by atoms with Crippen LogP contribution in [-0.4, -0.2) is 120 Å². The number of benzene rings is 3. The van der Waals surface area contributed by atoms with Crippen LogP contribution in [-0.2, 0) is 34.9 Å². The average molecular weight is 687 g/mol. The van der Waals surface area contributed by atoms with E-state index in [0.717, 1.165) is 22.4 Å². The SMILES string of the molecule is CN(C)c1ccc(/C=C/C(=O)c2ccc(OC(=O)Cc3ccc(CN4CCN5CCN(CC4)CC(=O)[O][Al]([F])[O]C(=O)C5)cc3)cc2)cc1. The van der Waals surface area contributed by atoms with Gasteiger partial charge < -0.3 is 20.7 Å². The highest BCUT2D eigenvalue weighted by molar-refractivity contribution is 6.41. The Kier molecular flexibility index (Phi) is 12.7. The summed E-state index contributed by atoms with van der Waals surface area (Å²) in [5.41, 5.74) is 4.33. The number of halogens is 1. The summed E-state index contributed by atoms with van der Waals surface area (Å²) < 4.78 is 28.9. The molecule has 2 aliphatic rings. The minimum absolute atomic E-state index is 0.0654. The van der Waals surface area contributed by atoms with E-state index >= 15 is 0 Å². The standard InChI is InChI=1S/C36H42N4O7.Al.FH/c1-37(2)31-12-7-27(8-13-31)9-16-33(41)30-10-14-32(15-11-30)47-36(46)23-28-3-5-29(6-4-28)24-38-17-19-39(25-34(42)43)21-22-40(20-18-38)26-35(44)45;;/h3-16H,17-26H2,1-2H3,(H,42,43)(H,44,45);;1H/q;+3;/p-3/b16-9+;;. The summed E-state index contributed by atoms with van der Waals surface area (Å²) in [6.07, 6.45) is 3.37. The zero-order valence-corrected chi connectivity index (χ0v) is 28.9. The molecule has 2 heterocycles. The predicted octanol–water partition coefficient (Wildman–Crippen LogP) is 3.27. The third-order valence-corrected chi connectivity index (χ3v) is 9.23. The number of allylic oxidation sites excluding steroid dienone is 1. The molecule has 3 aromatic carbocycles. The molecule has 2 atom stereocenters. The maximum atomic E-state index is 13.9. The molecular weight excluding hydrogens is 646 g/mol. The van der Waals surface area contributed by atoms with Gasteiger partial charge in [0, 0.05) is 71.2 Å². The molecule has 49 heavy (non-hydrogen) atoms. The molecule has 2 fully saturated rings. The van der Waals surface area contributed by atoms with Crippen molar-refractivity contribution in [3.05, 3.63) is 101 Å². The Labute approximate surface area is 291 Å². The van der Waals surface area contributed by atoms with Crippen LogP contribution < -0.4 is 9.64 Å². The van der Waals surface area contributed by atoms with Gasteiger partial charge in [-0.3, -0.25) is 33.9 Å². The fourth-order valence-corrected chi connectivity index (χ4v) is 6.13. The average Bonchev–Trinajstić information content (AvgIpc) is 3.14. The van der Waals surface area contributed by atoms with Gasteiger partial charge >= 0.3 is 21.2 Å². The molecule has 5 rings (SSSR count). The summed E-state index contributed by atoms with van der Waals surface area (Å²) in [5, 5.41) is 0. The highest BCUT2D eigenvalue weighted by Crippen LogP contribution is 2.17. The largest absolute Gasteiger partial charge is 1.15 e. The van der Waals surface area contributed by atoms with Crippen molar-refractivity contribution in [1.29, 1.82) is 0 Å². The first-order valence-corrected chi connectivity index (χ1v) is 17.6. The van der Waals surface area contributed by atoms with Gasteiger partial charge in [0.2, 0.25) is 0 Å². The molecule has 0 N–H and O–H groups in total. The predicted molar refractivity (Wildman–Crippen MR) is 184 cm³/mol. The highest BCUT2D eigenvalue weighted by Gasteiger charge is 2.42. The number of fused-ring (bicyclic) bond motifs is 3. The lowest BCUT2D eigenvalue weighted by molar-refractivity contribution is -0.142. The first-order valence-electron chi connectivity index (χ1n) is 16.2. The summed E-state index contributed by atoms with van der Waals surface area (Å²) in [7, 11) is 3.94. The van der Waals surface area contributed by atoms with Crippen molar-refractivity contribution in [1.82, 2.24) is 14.7 Å². The Morgan fingerprint density at radius 3 is 1.92 bits per heavy atom. The molecule has 256 valence electrons. The second-order valence-corrected chi connectivity index (χ2v) is 13.3. The second-order valence-electron chi connectivity index (χ2n) is 12.3. The van der Waals surface area contributed by atoms with Gasteiger partial charge in [-0.05, 0) is 59.2 Å². The summed E-state index contributed by atoms with van der Waals surface area (Å²) in [5.74, 6) is -1.66. The molecule has 0 aliphatic carbocycles.